The van der Waals surface area contributed by atoms with Crippen molar-refractivity contribution in [1.82, 2.24) is 14.6 Å². The lowest BCUT2D eigenvalue weighted by atomic mass is 10.00. The van der Waals surface area contributed by atoms with Gasteiger partial charge in [0.25, 0.3) is 0 Å². The summed E-state index contributed by atoms with van der Waals surface area (Å²) in [5.74, 6) is 0.803. The van der Waals surface area contributed by atoms with Gasteiger partial charge in [0, 0.05) is 0 Å². The third-order valence-electron chi connectivity index (χ3n) is 3.50. The summed E-state index contributed by atoms with van der Waals surface area (Å²) < 4.78 is 7.61. The molecule has 0 spiro atoms. The van der Waals surface area contributed by atoms with Gasteiger partial charge in [0.2, 0.25) is 0 Å². The van der Waals surface area contributed by atoms with Crippen LogP contribution in [0.25, 0.3) is 5.52 Å². The number of hydrogen-bond donors (Lipinski definition) is 2. The van der Waals surface area contributed by atoms with E-state index in [4.69, 9.17) is 10.5 Å². The van der Waals surface area contributed by atoms with Crippen molar-refractivity contribution in [3.63, 3.8) is 0 Å². The molecule has 0 amide bonds. The van der Waals surface area contributed by atoms with Crippen LogP contribution in [0.4, 0.5) is 5.82 Å². The number of aliphatic hydroxyl groups excluding tert-OH is 1. The number of aromatic nitrogens is 3. The van der Waals surface area contributed by atoms with E-state index in [9.17, 15) is 5.11 Å². The molecule has 0 aliphatic carbocycles. The predicted molar refractivity (Wildman–Crippen MR) is 81.8 cm³/mol. The molecule has 2 aromatic heterocycles. The second-order valence-corrected chi connectivity index (χ2v) is 5.18. The van der Waals surface area contributed by atoms with Crippen LogP contribution in [0, 0.1) is 5.92 Å². The van der Waals surface area contributed by atoms with Crippen LogP contribution in [-0.4, -0.2) is 32.4 Å². The number of nitrogens with two attached hydrogens (primary N) is 1. The smallest absolute Gasteiger partial charge is 0.151 e. The maximum atomic E-state index is 9.18. The molecule has 1 saturated heterocycles. The standard InChI is InChI=1S/C12H16N4O2.C3H6/c1-7-4-8(5-17)18-11(7)9-2-3-10-12(13)14-6-15-16(9)10;1-3-2/h2-3,6-8,11,17H,4-5H2,1H3,(H2,13,14,15);3H,1H2,2H3. The molecular formula is C15H22N4O2. The Labute approximate surface area is 124 Å². The zero-order chi connectivity index (χ0) is 15.4. The Balaban J connectivity index is 0.000000497. The Morgan fingerprint density at radius 3 is 2.90 bits per heavy atom. The van der Waals surface area contributed by atoms with Crippen LogP contribution < -0.4 is 5.73 Å². The SMILES string of the molecule is C=CC.CC1CC(CO)OC1c1ccc2c(N)ncnn12. The van der Waals surface area contributed by atoms with E-state index < -0.39 is 0 Å². The molecule has 3 N–H and O–H groups in total. The summed E-state index contributed by atoms with van der Waals surface area (Å²) >= 11 is 0. The number of fused-ring (bicyclic) bond motifs is 1. The van der Waals surface area contributed by atoms with Gasteiger partial charge in [-0.3, -0.25) is 0 Å². The van der Waals surface area contributed by atoms with Gasteiger partial charge in [-0.05, 0) is 31.4 Å². The Bertz CT molecular complexity index is 611. The van der Waals surface area contributed by atoms with Gasteiger partial charge in [0.05, 0.1) is 18.4 Å². The number of nitrogens with zero attached hydrogens (tertiary/aromatic N) is 3. The van der Waals surface area contributed by atoms with Crippen LogP contribution in [0.1, 0.15) is 32.1 Å². The maximum absolute atomic E-state index is 9.18. The monoisotopic (exact) mass is 290 g/mol. The Kier molecular flexibility index (Phi) is 4.93. The van der Waals surface area contributed by atoms with Crippen LogP contribution in [0.15, 0.2) is 31.1 Å². The third-order valence-corrected chi connectivity index (χ3v) is 3.50. The van der Waals surface area contributed by atoms with Crippen LogP contribution in [-0.2, 0) is 4.74 Å². The highest BCUT2D eigenvalue weighted by Crippen LogP contribution is 2.38. The van der Waals surface area contributed by atoms with E-state index in [1.807, 2.05) is 19.1 Å². The predicted octanol–water partition coefficient (Wildman–Crippen LogP) is 1.96. The van der Waals surface area contributed by atoms with E-state index >= 15 is 0 Å². The average Bonchev–Trinajstić information content (AvgIpc) is 3.04. The second kappa shape index (κ2) is 6.69. The molecule has 0 saturated carbocycles. The van der Waals surface area contributed by atoms with Crippen molar-refractivity contribution in [2.45, 2.75) is 32.5 Å². The van der Waals surface area contributed by atoms with Crippen LogP contribution in [0.3, 0.4) is 0 Å². The summed E-state index contributed by atoms with van der Waals surface area (Å²) in [6, 6.07) is 3.86. The molecule has 6 nitrogen and oxygen atoms in total. The van der Waals surface area contributed by atoms with Crippen LogP contribution in [0.5, 0.6) is 0 Å². The Morgan fingerprint density at radius 1 is 1.57 bits per heavy atom. The van der Waals surface area contributed by atoms with E-state index in [2.05, 4.69) is 23.6 Å². The van der Waals surface area contributed by atoms with Crippen molar-refractivity contribution in [3.8, 4) is 0 Å². The number of ether oxygens (including phenoxy) is 1. The summed E-state index contributed by atoms with van der Waals surface area (Å²) in [7, 11) is 0. The number of anilines is 1. The summed E-state index contributed by atoms with van der Waals surface area (Å²) in [5, 5.41) is 13.4. The minimum absolute atomic E-state index is 0.0565. The topological polar surface area (TPSA) is 85.7 Å². The number of rotatable bonds is 2. The Hall–Kier alpha value is -1.92. The van der Waals surface area contributed by atoms with E-state index in [0.717, 1.165) is 17.6 Å². The minimum atomic E-state index is -0.0882. The van der Waals surface area contributed by atoms with E-state index in [-0.39, 0.29) is 18.8 Å². The molecule has 3 rings (SSSR count). The van der Waals surface area contributed by atoms with Crippen molar-refractivity contribution < 1.29 is 9.84 Å². The van der Waals surface area contributed by atoms with Crippen molar-refractivity contribution in [2.24, 2.45) is 5.92 Å². The highest BCUT2D eigenvalue weighted by molar-refractivity contribution is 5.65. The fourth-order valence-electron chi connectivity index (χ4n) is 2.60. The highest BCUT2D eigenvalue weighted by atomic mass is 16.5. The van der Waals surface area contributed by atoms with Gasteiger partial charge in [0.15, 0.2) is 5.82 Å². The zero-order valence-corrected chi connectivity index (χ0v) is 12.4. The first-order chi connectivity index (χ1) is 10.1. The van der Waals surface area contributed by atoms with Crippen molar-refractivity contribution in [3.05, 3.63) is 36.8 Å². The molecule has 0 radical (unpaired) electrons. The molecule has 6 heteroatoms. The molecule has 114 valence electrons. The molecule has 21 heavy (non-hydrogen) atoms. The van der Waals surface area contributed by atoms with Gasteiger partial charge >= 0.3 is 0 Å². The van der Waals surface area contributed by atoms with Gasteiger partial charge < -0.3 is 15.6 Å². The quantitative estimate of drug-likeness (QED) is 0.826. The van der Waals surface area contributed by atoms with Crippen LogP contribution >= 0.6 is 0 Å². The summed E-state index contributed by atoms with van der Waals surface area (Å²) in [4.78, 5) is 3.96. The molecule has 3 heterocycles. The van der Waals surface area contributed by atoms with Gasteiger partial charge in [-0.15, -0.1) is 6.58 Å². The second-order valence-electron chi connectivity index (χ2n) is 5.18. The first-order valence-corrected chi connectivity index (χ1v) is 7.03. The molecule has 3 atom stereocenters. The normalized spacial score (nSPS) is 24.6. The van der Waals surface area contributed by atoms with Crippen molar-refractivity contribution >= 4 is 11.3 Å². The lowest BCUT2D eigenvalue weighted by Crippen LogP contribution is -2.12. The first kappa shape index (κ1) is 15.5. The molecule has 3 unspecified atom stereocenters. The molecule has 0 bridgehead atoms. The van der Waals surface area contributed by atoms with Crippen molar-refractivity contribution in [2.75, 3.05) is 12.3 Å². The van der Waals surface area contributed by atoms with E-state index in [1.165, 1.54) is 6.33 Å². The molecule has 0 aromatic carbocycles. The lowest BCUT2D eigenvalue weighted by molar-refractivity contribution is 0.00257. The molecule has 2 aromatic rings. The molecule has 1 aliphatic heterocycles. The van der Waals surface area contributed by atoms with E-state index in [1.54, 1.807) is 10.6 Å². The lowest BCUT2D eigenvalue weighted by Gasteiger charge is -2.15. The Morgan fingerprint density at radius 2 is 2.29 bits per heavy atom. The number of nitrogen functional groups attached to an aromatic ring is 1. The van der Waals surface area contributed by atoms with E-state index in [0.29, 0.717) is 11.7 Å². The van der Waals surface area contributed by atoms with Gasteiger partial charge in [0.1, 0.15) is 17.9 Å². The number of hydrogen-bond acceptors (Lipinski definition) is 5. The van der Waals surface area contributed by atoms with Crippen molar-refractivity contribution in [1.29, 1.82) is 0 Å². The van der Waals surface area contributed by atoms with Gasteiger partial charge in [-0.2, -0.15) is 5.10 Å². The fraction of sp³-hybridized carbons (Fsp3) is 0.467. The third kappa shape index (κ3) is 3.06. The van der Waals surface area contributed by atoms with Gasteiger partial charge in [-0.1, -0.05) is 13.0 Å². The average molecular weight is 290 g/mol. The minimum Gasteiger partial charge on any atom is -0.394 e. The van der Waals surface area contributed by atoms with Crippen LogP contribution in [0.2, 0.25) is 0 Å². The largest absolute Gasteiger partial charge is 0.394 e. The highest BCUT2D eigenvalue weighted by Gasteiger charge is 2.34. The summed E-state index contributed by atoms with van der Waals surface area (Å²) in [6.45, 7) is 7.42. The maximum Gasteiger partial charge on any atom is 0.151 e. The van der Waals surface area contributed by atoms with Gasteiger partial charge in [-0.25, -0.2) is 9.50 Å². The molecular weight excluding hydrogens is 268 g/mol. The number of aliphatic hydroxyl groups is 1. The first-order valence-electron chi connectivity index (χ1n) is 7.03. The number of allylic oxidation sites excluding steroid dienone is 1. The molecule has 1 fully saturated rings. The summed E-state index contributed by atoms with van der Waals surface area (Å²) in [6.07, 6.45) is 3.90. The molecule has 1 aliphatic rings. The fourth-order valence-corrected chi connectivity index (χ4v) is 2.60. The summed E-state index contributed by atoms with van der Waals surface area (Å²) in [5.41, 5.74) is 7.55. The zero-order valence-electron chi connectivity index (χ0n) is 12.4.